The van der Waals surface area contributed by atoms with Gasteiger partial charge in [0, 0.05) is 25.9 Å². The molecule has 3 rings (SSSR count). The first-order chi connectivity index (χ1) is 14.1. The molecule has 0 spiro atoms. The van der Waals surface area contributed by atoms with Crippen LogP contribution < -0.4 is 5.32 Å². The molecule has 2 aromatic heterocycles. The lowest BCUT2D eigenvalue weighted by atomic mass is 10.1. The van der Waals surface area contributed by atoms with Gasteiger partial charge in [0.25, 0.3) is 0 Å². The van der Waals surface area contributed by atoms with Crippen molar-refractivity contribution in [1.82, 2.24) is 19.9 Å². The second kappa shape index (κ2) is 12.9. The van der Waals surface area contributed by atoms with Crippen molar-refractivity contribution < 1.29 is 0 Å². The molecule has 5 nitrogen and oxygen atoms in total. The molecule has 0 aliphatic rings. The van der Waals surface area contributed by atoms with Crippen LogP contribution in [0.1, 0.15) is 11.1 Å². The molecule has 0 bridgehead atoms. The van der Waals surface area contributed by atoms with Gasteiger partial charge in [-0.15, -0.1) is 0 Å². The van der Waals surface area contributed by atoms with E-state index in [9.17, 15) is 0 Å². The molecule has 0 saturated heterocycles. The average molecular weight is 556 g/mol. The molecule has 3 aromatic rings. The summed E-state index contributed by atoms with van der Waals surface area (Å²) in [6, 6.07) is 10.2. The highest BCUT2D eigenvalue weighted by Crippen LogP contribution is 2.17. The Labute approximate surface area is 198 Å². The van der Waals surface area contributed by atoms with Gasteiger partial charge >= 0.3 is 0 Å². The Bertz CT molecular complexity index is 993. The third-order valence-electron chi connectivity index (χ3n) is 3.41. The third-order valence-corrected chi connectivity index (χ3v) is 5.93. The normalized spacial score (nSPS) is 9.69. The lowest BCUT2D eigenvalue weighted by Crippen LogP contribution is -1.99. The van der Waals surface area contributed by atoms with Gasteiger partial charge in [-0.05, 0) is 40.7 Å². The molecule has 9 heteroatoms. The van der Waals surface area contributed by atoms with Crippen molar-refractivity contribution in [3.05, 3.63) is 62.6 Å². The fourth-order valence-corrected chi connectivity index (χ4v) is 3.13. The summed E-state index contributed by atoms with van der Waals surface area (Å²) in [5.41, 5.74) is 2.04. The van der Waals surface area contributed by atoms with Crippen LogP contribution in [0.5, 0.6) is 0 Å². The first-order valence-corrected chi connectivity index (χ1v) is 12.3. The Morgan fingerprint density at radius 1 is 1.03 bits per heavy atom. The van der Waals surface area contributed by atoms with Gasteiger partial charge < -0.3 is 5.32 Å². The maximum atomic E-state index is 5.72. The Balaban J connectivity index is 0.000000253. The van der Waals surface area contributed by atoms with Crippen molar-refractivity contribution >= 4 is 63.5 Å². The fraction of sp³-hybridized carbons (Fsp3) is 0.200. The Morgan fingerprint density at radius 3 is 2.31 bits per heavy atom. The maximum Gasteiger partial charge on any atom is 0.189 e. The van der Waals surface area contributed by atoms with Crippen LogP contribution in [0.15, 0.2) is 53.0 Å². The number of aromatic nitrogens is 4. The van der Waals surface area contributed by atoms with Crippen LogP contribution >= 0.6 is 57.7 Å². The zero-order chi connectivity index (χ0) is 21.1. The Morgan fingerprint density at radius 2 is 1.69 bits per heavy atom. The minimum absolute atomic E-state index is 0.528. The Kier molecular flexibility index (Phi) is 10.6. The SMILES string of the molecule is CNc1nc(SC)ncc1C#CCc1ccccc1.CSc1ncc(I)c(Cl)n1. The van der Waals surface area contributed by atoms with Crippen molar-refractivity contribution in [2.45, 2.75) is 16.7 Å². The second-order valence-electron chi connectivity index (χ2n) is 5.33. The summed E-state index contributed by atoms with van der Waals surface area (Å²) >= 11 is 10.8. The first kappa shape index (κ1) is 23.7. The van der Waals surface area contributed by atoms with Gasteiger partial charge in [0.1, 0.15) is 11.0 Å². The van der Waals surface area contributed by atoms with Crippen LogP contribution in [-0.2, 0) is 6.42 Å². The topological polar surface area (TPSA) is 63.6 Å². The van der Waals surface area contributed by atoms with E-state index in [4.69, 9.17) is 11.6 Å². The molecule has 150 valence electrons. The molecule has 0 radical (unpaired) electrons. The number of benzene rings is 1. The van der Waals surface area contributed by atoms with Crippen LogP contribution in [0.25, 0.3) is 0 Å². The lowest BCUT2D eigenvalue weighted by molar-refractivity contribution is 0.961. The van der Waals surface area contributed by atoms with Crippen molar-refractivity contribution in [2.75, 3.05) is 24.9 Å². The van der Waals surface area contributed by atoms with E-state index in [1.54, 1.807) is 12.4 Å². The number of halogens is 2. The summed E-state index contributed by atoms with van der Waals surface area (Å²) in [6.07, 6.45) is 8.08. The van der Waals surface area contributed by atoms with Gasteiger partial charge in [0.05, 0.1) is 9.13 Å². The molecule has 0 aliphatic heterocycles. The molecule has 1 aromatic carbocycles. The molecule has 0 aliphatic carbocycles. The number of hydrogen-bond donors (Lipinski definition) is 1. The summed E-state index contributed by atoms with van der Waals surface area (Å²) in [5, 5.41) is 5.04. The molecule has 0 fully saturated rings. The van der Waals surface area contributed by atoms with Crippen molar-refractivity contribution in [1.29, 1.82) is 0 Å². The summed E-state index contributed by atoms with van der Waals surface area (Å²) in [4.78, 5) is 16.6. The number of hydrogen-bond acceptors (Lipinski definition) is 7. The summed E-state index contributed by atoms with van der Waals surface area (Å²) in [5.74, 6) is 7.05. The van der Waals surface area contributed by atoms with Gasteiger partial charge in [-0.1, -0.05) is 77.3 Å². The van der Waals surface area contributed by atoms with E-state index >= 15 is 0 Å². The maximum absolute atomic E-state index is 5.72. The average Bonchev–Trinajstić information content (AvgIpc) is 2.77. The van der Waals surface area contributed by atoms with E-state index in [-0.39, 0.29) is 0 Å². The molecule has 1 N–H and O–H groups in total. The summed E-state index contributed by atoms with van der Waals surface area (Å²) in [6.45, 7) is 0. The predicted octanol–water partition coefficient (Wildman–Crippen LogP) is 5.29. The van der Waals surface area contributed by atoms with Crippen LogP contribution in [0.2, 0.25) is 5.15 Å². The minimum Gasteiger partial charge on any atom is -0.372 e. The molecule has 0 atom stereocenters. The molecule has 29 heavy (non-hydrogen) atoms. The molecule has 0 amide bonds. The highest BCUT2D eigenvalue weighted by molar-refractivity contribution is 14.1. The zero-order valence-electron chi connectivity index (χ0n) is 16.1. The molecule has 2 heterocycles. The third kappa shape index (κ3) is 8.01. The van der Waals surface area contributed by atoms with Crippen molar-refractivity contribution in [2.24, 2.45) is 0 Å². The number of nitrogens with zero attached hydrogens (tertiary/aromatic N) is 4. The van der Waals surface area contributed by atoms with E-state index in [1.165, 1.54) is 29.1 Å². The van der Waals surface area contributed by atoms with Gasteiger partial charge in [-0.3, -0.25) is 0 Å². The number of thioether (sulfide) groups is 2. The molecular formula is C20H19ClIN5S2. The van der Waals surface area contributed by atoms with E-state index in [2.05, 4.69) is 71.8 Å². The van der Waals surface area contributed by atoms with Crippen LogP contribution in [-0.4, -0.2) is 39.5 Å². The highest BCUT2D eigenvalue weighted by atomic mass is 127. The van der Waals surface area contributed by atoms with Crippen LogP contribution in [0.3, 0.4) is 0 Å². The van der Waals surface area contributed by atoms with Gasteiger partial charge in [0.2, 0.25) is 0 Å². The molecule has 0 saturated carbocycles. The van der Waals surface area contributed by atoms with Crippen LogP contribution in [0, 0.1) is 15.4 Å². The quantitative estimate of drug-likeness (QED) is 0.154. The fourth-order valence-electron chi connectivity index (χ4n) is 2.01. The monoisotopic (exact) mass is 555 g/mol. The van der Waals surface area contributed by atoms with E-state index in [0.29, 0.717) is 10.3 Å². The number of rotatable bonds is 4. The smallest absolute Gasteiger partial charge is 0.189 e. The lowest BCUT2D eigenvalue weighted by Gasteiger charge is -2.03. The van der Waals surface area contributed by atoms with Gasteiger partial charge in [-0.2, -0.15) is 0 Å². The van der Waals surface area contributed by atoms with E-state index < -0.39 is 0 Å². The number of anilines is 1. The van der Waals surface area contributed by atoms with Gasteiger partial charge in [0.15, 0.2) is 10.3 Å². The first-order valence-electron chi connectivity index (χ1n) is 8.41. The van der Waals surface area contributed by atoms with E-state index in [1.807, 2.05) is 37.8 Å². The summed E-state index contributed by atoms with van der Waals surface area (Å²) in [7, 11) is 1.84. The predicted molar refractivity (Wildman–Crippen MR) is 132 cm³/mol. The summed E-state index contributed by atoms with van der Waals surface area (Å²) < 4.78 is 0.886. The van der Waals surface area contributed by atoms with Crippen LogP contribution in [0.4, 0.5) is 5.82 Å². The minimum atomic E-state index is 0.528. The van der Waals surface area contributed by atoms with E-state index in [0.717, 1.165) is 26.5 Å². The second-order valence-corrected chi connectivity index (χ2v) is 8.40. The largest absolute Gasteiger partial charge is 0.372 e. The molecule has 0 unspecified atom stereocenters. The standard InChI is InChI=1S/C15H15N3S.C5H4ClIN2S/c1-16-14-13(11-17-15(18-14)19-2)10-6-9-12-7-4-3-5-8-12;1-10-5-8-2-3(7)4(6)9-5/h3-5,7-8,11H,9H2,1-2H3,(H,16,17,18);2H,1H3. The zero-order valence-corrected chi connectivity index (χ0v) is 20.7. The molecular weight excluding hydrogens is 537 g/mol. The highest BCUT2D eigenvalue weighted by Gasteiger charge is 2.02. The van der Waals surface area contributed by atoms with Gasteiger partial charge in [-0.25, -0.2) is 19.9 Å². The van der Waals surface area contributed by atoms with Crippen molar-refractivity contribution in [3.8, 4) is 11.8 Å². The Hall–Kier alpha value is -1.54. The number of nitrogens with one attached hydrogen (secondary N) is 1. The van der Waals surface area contributed by atoms with Crippen molar-refractivity contribution in [3.63, 3.8) is 0 Å².